The number of ether oxygens (including phenoxy) is 1. The zero-order chi connectivity index (χ0) is 19.5. The van der Waals surface area contributed by atoms with Gasteiger partial charge in [0, 0.05) is 37.4 Å². The molecule has 0 aromatic heterocycles. The zero-order valence-corrected chi connectivity index (χ0v) is 16.5. The summed E-state index contributed by atoms with van der Waals surface area (Å²) in [6, 6.07) is 12.3. The summed E-state index contributed by atoms with van der Waals surface area (Å²) in [6.07, 6.45) is 4.09. The topological polar surface area (TPSA) is 49.9 Å². The van der Waals surface area contributed by atoms with Crippen molar-refractivity contribution < 1.29 is 14.3 Å². The van der Waals surface area contributed by atoms with E-state index in [1.807, 2.05) is 23.1 Å². The molecule has 2 fully saturated rings. The smallest absolute Gasteiger partial charge is 0.409 e. The van der Waals surface area contributed by atoms with Gasteiger partial charge in [-0.2, -0.15) is 0 Å². The van der Waals surface area contributed by atoms with Crippen molar-refractivity contribution in [1.82, 2.24) is 4.90 Å². The number of amides is 1. The predicted molar refractivity (Wildman–Crippen MR) is 111 cm³/mol. The third-order valence-electron chi connectivity index (χ3n) is 6.00. The van der Waals surface area contributed by atoms with Crippen LogP contribution in [0.2, 0.25) is 0 Å². The third kappa shape index (κ3) is 4.13. The minimum atomic E-state index is -0.146. The molecule has 1 unspecified atom stereocenters. The van der Waals surface area contributed by atoms with E-state index < -0.39 is 0 Å². The predicted octanol–water partition coefficient (Wildman–Crippen LogP) is 4.49. The first kappa shape index (κ1) is 18.8. The maximum absolute atomic E-state index is 12.0. The molecule has 5 heteroatoms. The number of benzene rings is 2. The highest BCUT2D eigenvalue weighted by Crippen LogP contribution is 2.29. The number of fused-ring (bicyclic) bond motifs is 1. The first-order chi connectivity index (χ1) is 13.6. The first-order valence-electron chi connectivity index (χ1n) is 10.3. The van der Waals surface area contributed by atoms with Crippen LogP contribution in [-0.2, 0) is 4.74 Å². The number of anilines is 1. The van der Waals surface area contributed by atoms with Crippen molar-refractivity contribution in [3.8, 4) is 0 Å². The van der Waals surface area contributed by atoms with Gasteiger partial charge < -0.3 is 14.5 Å². The Morgan fingerprint density at radius 1 is 1.04 bits per heavy atom. The quantitative estimate of drug-likeness (QED) is 0.717. The van der Waals surface area contributed by atoms with E-state index in [-0.39, 0.29) is 11.9 Å². The number of hydrogen-bond acceptors (Lipinski definition) is 4. The molecule has 0 spiro atoms. The summed E-state index contributed by atoms with van der Waals surface area (Å²) in [4.78, 5) is 27.8. The standard InChI is InChI=1S/C23H28N2O3/c1-17(26)19-4-5-21-15-22(7-6-20(21)14-19)25-12-8-18(16-25)9-13-28-23(27)24-10-2-3-11-24/h4-7,14-15,18H,2-3,8-13,16H2,1H3. The molecule has 148 valence electrons. The Balaban J connectivity index is 1.31. The minimum absolute atomic E-state index is 0.0961. The van der Waals surface area contributed by atoms with E-state index in [0.717, 1.165) is 68.2 Å². The normalized spacial score (nSPS) is 19.4. The average molecular weight is 380 g/mol. The molecular weight excluding hydrogens is 352 g/mol. The molecule has 2 saturated heterocycles. The average Bonchev–Trinajstić information content (AvgIpc) is 3.39. The van der Waals surface area contributed by atoms with Gasteiger partial charge in [-0.15, -0.1) is 0 Å². The van der Waals surface area contributed by atoms with Crippen LogP contribution in [0.1, 0.15) is 43.0 Å². The molecule has 4 rings (SSSR count). The van der Waals surface area contributed by atoms with Crippen LogP contribution in [0.25, 0.3) is 10.8 Å². The Hall–Kier alpha value is -2.56. The van der Waals surface area contributed by atoms with Gasteiger partial charge in [-0.1, -0.05) is 18.2 Å². The van der Waals surface area contributed by atoms with Crippen LogP contribution in [0.3, 0.4) is 0 Å². The molecule has 0 aliphatic carbocycles. The Bertz CT molecular complexity index is 873. The highest BCUT2D eigenvalue weighted by Gasteiger charge is 2.24. The van der Waals surface area contributed by atoms with Crippen molar-refractivity contribution in [2.24, 2.45) is 5.92 Å². The van der Waals surface area contributed by atoms with Crippen LogP contribution in [0.4, 0.5) is 10.5 Å². The lowest BCUT2D eigenvalue weighted by atomic mass is 10.0. The lowest BCUT2D eigenvalue weighted by Gasteiger charge is -2.20. The molecule has 0 radical (unpaired) electrons. The highest BCUT2D eigenvalue weighted by molar-refractivity contribution is 5.99. The molecule has 2 aromatic rings. The highest BCUT2D eigenvalue weighted by atomic mass is 16.6. The van der Waals surface area contributed by atoms with Crippen LogP contribution in [0.5, 0.6) is 0 Å². The van der Waals surface area contributed by atoms with E-state index in [0.29, 0.717) is 12.5 Å². The van der Waals surface area contributed by atoms with E-state index in [4.69, 9.17) is 4.74 Å². The number of carbonyl (C=O) groups excluding carboxylic acids is 2. The molecule has 2 aromatic carbocycles. The molecule has 0 saturated carbocycles. The van der Waals surface area contributed by atoms with Crippen LogP contribution in [0.15, 0.2) is 36.4 Å². The Kier molecular flexibility index (Phi) is 5.51. The van der Waals surface area contributed by atoms with Crippen molar-refractivity contribution in [3.05, 3.63) is 42.0 Å². The molecule has 0 bridgehead atoms. The van der Waals surface area contributed by atoms with E-state index in [1.54, 1.807) is 6.92 Å². The number of ketones is 1. The number of rotatable bonds is 5. The number of nitrogens with zero attached hydrogens (tertiary/aromatic N) is 2. The lowest BCUT2D eigenvalue weighted by molar-refractivity contribution is 0.101. The molecular formula is C23H28N2O3. The van der Waals surface area contributed by atoms with E-state index in [1.165, 1.54) is 5.69 Å². The Labute approximate surface area is 166 Å². The van der Waals surface area contributed by atoms with Crippen molar-refractivity contribution in [3.63, 3.8) is 0 Å². The van der Waals surface area contributed by atoms with Gasteiger partial charge in [0.15, 0.2) is 5.78 Å². The number of hydrogen-bond donors (Lipinski definition) is 0. The molecule has 5 nitrogen and oxygen atoms in total. The SMILES string of the molecule is CC(=O)c1ccc2cc(N3CCC(CCOC(=O)N4CCCC4)C3)ccc2c1. The van der Waals surface area contributed by atoms with Gasteiger partial charge in [0.1, 0.15) is 0 Å². The minimum Gasteiger partial charge on any atom is -0.449 e. The van der Waals surface area contributed by atoms with Crippen molar-refractivity contribution >= 4 is 28.3 Å². The number of Topliss-reactive ketones (excluding diaryl/α,β-unsaturated/α-hetero) is 1. The van der Waals surface area contributed by atoms with Crippen molar-refractivity contribution in [2.75, 3.05) is 37.7 Å². The number of likely N-dealkylation sites (tertiary alicyclic amines) is 1. The van der Waals surface area contributed by atoms with Gasteiger partial charge in [-0.05, 0) is 67.5 Å². The summed E-state index contributed by atoms with van der Waals surface area (Å²) in [7, 11) is 0. The summed E-state index contributed by atoms with van der Waals surface area (Å²) in [5.41, 5.74) is 1.98. The summed E-state index contributed by atoms with van der Waals surface area (Å²) in [5.74, 6) is 0.654. The van der Waals surface area contributed by atoms with Gasteiger partial charge in [0.05, 0.1) is 6.61 Å². The summed E-state index contributed by atoms with van der Waals surface area (Å²) in [6.45, 7) is 5.82. The summed E-state index contributed by atoms with van der Waals surface area (Å²) >= 11 is 0. The van der Waals surface area contributed by atoms with Crippen molar-refractivity contribution in [1.29, 1.82) is 0 Å². The van der Waals surface area contributed by atoms with Crippen LogP contribution in [0, 0.1) is 5.92 Å². The van der Waals surface area contributed by atoms with Crippen LogP contribution >= 0.6 is 0 Å². The Morgan fingerprint density at radius 3 is 2.57 bits per heavy atom. The number of carbonyl (C=O) groups is 2. The second-order valence-electron chi connectivity index (χ2n) is 8.00. The third-order valence-corrected chi connectivity index (χ3v) is 6.00. The molecule has 0 N–H and O–H groups in total. The van der Waals surface area contributed by atoms with E-state index in [9.17, 15) is 9.59 Å². The van der Waals surface area contributed by atoms with Crippen LogP contribution in [-0.4, -0.2) is 49.6 Å². The molecule has 2 aliphatic heterocycles. The van der Waals surface area contributed by atoms with Gasteiger partial charge in [0.25, 0.3) is 0 Å². The maximum Gasteiger partial charge on any atom is 0.409 e. The fourth-order valence-corrected chi connectivity index (χ4v) is 4.26. The zero-order valence-electron chi connectivity index (χ0n) is 16.5. The fraction of sp³-hybridized carbons (Fsp3) is 0.478. The second kappa shape index (κ2) is 8.21. The van der Waals surface area contributed by atoms with Gasteiger partial charge in [0.2, 0.25) is 0 Å². The molecule has 2 heterocycles. The van der Waals surface area contributed by atoms with E-state index in [2.05, 4.69) is 23.1 Å². The van der Waals surface area contributed by atoms with Crippen LogP contribution < -0.4 is 4.90 Å². The van der Waals surface area contributed by atoms with Gasteiger partial charge in [-0.25, -0.2) is 4.79 Å². The van der Waals surface area contributed by atoms with Crippen molar-refractivity contribution in [2.45, 2.75) is 32.6 Å². The summed E-state index contributed by atoms with van der Waals surface area (Å²) < 4.78 is 5.46. The molecule has 28 heavy (non-hydrogen) atoms. The van der Waals surface area contributed by atoms with Gasteiger partial charge >= 0.3 is 6.09 Å². The van der Waals surface area contributed by atoms with Gasteiger partial charge in [-0.3, -0.25) is 4.79 Å². The molecule has 2 aliphatic rings. The monoisotopic (exact) mass is 380 g/mol. The van der Waals surface area contributed by atoms with E-state index >= 15 is 0 Å². The molecule has 1 amide bonds. The first-order valence-corrected chi connectivity index (χ1v) is 10.3. The fourth-order valence-electron chi connectivity index (χ4n) is 4.26. The largest absolute Gasteiger partial charge is 0.449 e. The summed E-state index contributed by atoms with van der Waals surface area (Å²) in [5, 5.41) is 2.26. The maximum atomic E-state index is 12.0. The lowest BCUT2D eigenvalue weighted by Crippen LogP contribution is -2.29. The Morgan fingerprint density at radius 2 is 1.79 bits per heavy atom. The molecule has 1 atom stereocenters. The second-order valence-corrected chi connectivity index (χ2v) is 8.00.